The van der Waals surface area contributed by atoms with Gasteiger partial charge >= 0.3 is 0 Å². The maximum Gasteiger partial charge on any atom is 0.282 e. The lowest BCUT2D eigenvalue weighted by Gasteiger charge is -2.40. The van der Waals surface area contributed by atoms with Crippen LogP contribution in [0.5, 0.6) is 0 Å². The molecular weight excluding hydrogens is 380 g/mol. The molecule has 2 aromatic rings. The van der Waals surface area contributed by atoms with Gasteiger partial charge in [0.1, 0.15) is 5.69 Å². The van der Waals surface area contributed by atoms with Crippen LogP contribution in [0.1, 0.15) is 24.3 Å². The fourth-order valence-corrected chi connectivity index (χ4v) is 5.71. The molecule has 2 atom stereocenters. The van der Waals surface area contributed by atoms with E-state index < -0.39 is 10.2 Å². The lowest BCUT2D eigenvalue weighted by Crippen LogP contribution is -2.57. The van der Waals surface area contributed by atoms with Gasteiger partial charge in [-0.25, -0.2) is 0 Å². The number of piperazine rings is 1. The number of H-pyrrole nitrogens is 1. The molecule has 2 saturated heterocycles. The highest BCUT2D eigenvalue weighted by molar-refractivity contribution is 7.86. The maximum absolute atomic E-state index is 13.0. The van der Waals surface area contributed by atoms with E-state index in [2.05, 4.69) is 4.98 Å². The van der Waals surface area contributed by atoms with Gasteiger partial charge in [0, 0.05) is 50.2 Å². The van der Waals surface area contributed by atoms with Crippen LogP contribution < -0.4 is 0 Å². The third-order valence-electron chi connectivity index (χ3n) is 5.32. The van der Waals surface area contributed by atoms with Gasteiger partial charge in [0.05, 0.1) is 12.2 Å². The second kappa shape index (κ2) is 7.47. The number of nitrogens with one attached hydrogen (secondary N) is 1. The molecule has 152 valence electrons. The van der Waals surface area contributed by atoms with Gasteiger partial charge in [0.2, 0.25) is 0 Å². The van der Waals surface area contributed by atoms with Gasteiger partial charge < -0.3 is 14.6 Å². The van der Waals surface area contributed by atoms with Crippen LogP contribution in [0.3, 0.4) is 0 Å². The zero-order valence-corrected chi connectivity index (χ0v) is 17.0. The van der Waals surface area contributed by atoms with Gasteiger partial charge in [-0.1, -0.05) is 18.2 Å². The molecule has 2 aliphatic heterocycles. The number of ether oxygens (including phenoxy) is 1. The normalized spacial score (nSPS) is 25.3. The van der Waals surface area contributed by atoms with Crippen molar-refractivity contribution in [3.63, 3.8) is 0 Å². The van der Waals surface area contributed by atoms with Crippen molar-refractivity contribution >= 4 is 27.0 Å². The van der Waals surface area contributed by atoms with Crippen LogP contribution in [-0.4, -0.2) is 84.3 Å². The van der Waals surface area contributed by atoms with Crippen LogP contribution in [0.25, 0.3) is 10.9 Å². The Hall–Kier alpha value is -1.94. The highest BCUT2D eigenvalue weighted by Gasteiger charge is 2.37. The molecule has 1 N–H and O–H groups in total. The average molecular weight is 407 g/mol. The van der Waals surface area contributed by atoms with E-state index in [-0.39, 0.29) is 18.1 Å². The molecule has 9 heteroatoms. The number of fused-ring (bicyclic) bond motifs is 1. The number of para-hydroxylation sites is 1. The van der Waals surface area contributed by atoms with Crippen molar-refractivity contribution in [3.05, 3.63) is 36.0 Å². The minimum Gasteiger partial charge on any atom is -0.373 e. The first-order chi connectivity index (χ1) is 13.3. The molecule has 3 heterocycles. The quantitative estimate of drug-likeness (QED) is 0.832. The third kappa shape index (κ3) is 3.67. The second-order valence-electron chi connectivity index (χ2n) is 7.54. The molecule has 1 aromatic carbocycles. The fourth-order valence-electron chi connectivity index (χ4n) is 3.96. The number of hydrogen-bond acceptors (Lipinski definition) is 4. The molecule has 0 bridgehead atoms. The molecule has 8 nitrogen and oxygen atoms in total. The van der Waals surface area contributed by atoms with Crippen molar-refractivity contribution < 1.29 is 17.9 Å². The second-order valence-corrected chi connectivity index (χ2v) is 9.47. The number of aromatic amines is 1. The molecule has 2 aliphatic rings. The Labute approximate surface area is 165 Å². The van der Waals surface area contributed by atoms with E-state index in [9.17, 15) is 13.2 Å². The summed E-state index contributed by atoms with van der Waals surface area (Å²) >= 11 is 0. The highest BCUT2D eigenvalue weighted by atomic mass is 32.2. The summed E-state index contributed by atoms with van der Waals surface area (Å²) in [5.41, 5.74) is 1.45. The maximum atomic E-state index is 13.0. The van der Waals surface area contributed by atoms with E-state index in [1.54, 1.807) is 4.90 Å². The van der Waals surface area contributed by atoms with Crippen molar-refractivity contribution in [2.75, 3.05) is 39.3 Å². The largest absolute Gasteiger partial charge is 0.373 e. The Morgan fingerprint density at radius 3 is 2.32 bits per heavy atom. The van der Waals surface area contributed by atoms with Gasteiger partial charge in [-0.05, 0) is 26.0 Å². The molecule has 1 aromatic heterocycles. The Morgan fingerprint density at radius 2 is 1.68 bits per heavy atom. The third-order valence-corrected chi connectivity index (χ3v) is 7.29. The minimum absolute atomic E-state index is 0.0955. The first-order valence-electron chi connectivity index (χ1n) is 9.62. The summed E-state index contributed by atoms with van der Waals surface area (Å²) in [5.74, 6) is -0.0955. The number of rotatable bonds is 3. The van der Waals surface area contributed by atoms with Gasteiger partial charge in [-0.15, -0.1) is 0 Å². The first kappa shape index (κ1) is 19.4. The first-order valence-corrected chi connectivity index (χ1v) is 11.0. The van der Waals surface area contributed by atoms with E-state index in [0.717, 1.165) is 10.9 Å². The van der Waals surface area contributed by atoms with Crippen LogP contribution in [0, 0.1) is 0 Å². The average Bonchev–Trinajstić information content (AvgIpc) is 3.11. The topological polar surface area (TPSA) is 86.0 Å². The van der Waals surface area contributed by atoms with Crippen molar-refractivity contribution in [1.82, 2.24) is 18.5 Å². The van der Waals surface area contributed by atoms with Gasteiger partial charge in [-0.2, -0.15) is 17.0 Å². The summed E-state index contributed by atoms with van der Waals surface area (Å²) in [6, 6.07) is 9.58. The number of nitrogens with zero attached hydrogens (tertiary/aromatic N) is 3. The number of hydrogen-bond donors (Lipinski definition) is 1. The summed E-state index contributed by atoms with van der Waals surface area (Å²) < 4.78 is 34.6. The zero-order valence-electron chi connectivity index (χ0n) is 16.2. The number of amides is 1. The fraction of sp³-hybridized carbons (Fsp3) is 0.526. The number of morpholine rings is 1. The number of aromatic nitrogens is 1. The van der Waals surface area contributed by atoms with Gasteiger partial charge in [0.25, 0.3) is 16.1 Å². The molecular formula is C19H26N4O4S. The molecule has 0 aliphatic carbocycles. The lowest BCUT2D eigenvalue weighted by atomic mass is 10.2. The SMILES string of the molecule is C[C@@H]1CN(S(=O)(=O)N2CCN(C(=O)c3cc4ccccc4[nH]3)CC2)C[C@@H](C)O1. The number of carbonyl (C=O) groups is 1. The predicted molar refractivity (Wildman–Crippen MR) is 106 cm³/mol. The Balaban J connectivity index is 1.41. The standard InChI is InChI=1S/C19H26N4O4S/c1-14-12-23(13-15(2)27-14)28(25,26)22-9-7-21(8-10-22)19(24)18-11-16-5-3-4-6-17(16)20-18/h3-6,11,14-15,20H,7-10,12-13H2,1-2H3/t14-,15-/m1/s1. The van der Waals surface area contributed by atoms with Gasteiger partial charge in [0.15, 0.2) is 0 Å². The van der Waals surface area contributed by atoms with Crippen molar-refractivity contribution in [2.45, 2.75) is 26.1 Å². The van der Waals surface area contributed by atoms with E-state index in [0.29, 0.717) is 45.0 Å². The molecule has 0 unspecified atom stereocenters. The van der Waals surface area contributed by atoms with Gasteiger partial charge in [-0.3, -0.25) is 4.79 Å². The summed E-state index contributed by atoms with van der Waals surface area (Å²) in [7, 11) is -3.54. The van der Waals surface area contributed by atoms with Crippen LogP contribution in [0.4, 0.5) is 0 Å². The summed E-state index contributed by atoms with van der Waals surface area (Å²) in [6.07, 6.45) is -0.244. The van der Waals surface area contributed by atoms with Crippen molar-refractivity contribution in [3.8, 4) is 0 Å². The van der Waals surface area contributed by atoms with E-state index in [1.165, 1.54) is 8.61 Å². The lowest BCUT2D eigenvalue weighted by molar-refractivity contribution is -0.0457. The molecule has 28 heavy (non-hydrogen) atoms. The van der Waals surface area contributed by atoms with Crippen molar-refractivity contribution in [2.24, 2.45) is 0 Å². The molecule has 2 fully saturated rings. The summed E-state index contributed by atoms with van der Waals surface area (Å²) in [6.45, 7) is 5.85. The van der Waals surface area contributed by atoms with E-state index in [1.807, 2.05) is 44.2 Å². The molecule has 0 spiro atoms. The molecule has 1 amide bonds. The number of benzene rings is 1. The minimum atomic E-state index is -3.54. The Bertz CT molecular complexity index is 922. The van der Waals surface area contributed by atoms with Crippen LogP contribution in [0.15, 0.2) is 30.3 Å². The zero-order chi connectivity index (χ0) is 19.9. The monoisotopic (exact) mass is 406 g/mol. The predicted octanol–water partition coefficient (Wildman–Crippen LogP) is 1.28. The van der Waals surface area contributed by atoms with Crippen LogP contribution >= 0.6 is 0 Å². The molecule has 0 radical (unpaired) electrons. The van der Waals surface area contributed by atoms with Crippen LogP contribution in [0.2, 0.25) is 0 Å². The Morgan fingerprint density at radius 1 is 1.04 bits per heavy atom. The van der Waals surface area contributed by atoms with E-state index >= 15 is 0 Å². The van der Waals surface area contributed by atoms with E-state index in [4.69, 9.17) is 4.74 Å². The highest BCUT2D eigenvalue weighted by Crippen LogP contribution is 2.20. The van der Waals surface area contributed by atoms with Crippen molar-refractivity contribution in [1.29, 1.82) is 0 Å². The van der Waals surface area contributed by atoms with Crippen LogP contribution in [-0.2, 0) is 14.9 Å². The molecule has 0 saturated carbocycles. The summed E-state index contributed by atoms with van der Waals surface area (Å²) in [5, 5.41) is 0.989. The molecule has 4 rings (SSSR count). The number of carbonyl (C=O) groups excluding carboxylic acids is 1. The summed E-state index contributed by atoms with van der Waals surface area (Å²) in [4.78, 5) is 17.7. The Kier molecular flexibility index (Phi) is 5.17. The smallest absolute Gasteiger partial charge is 0.282 e.